The van der Waals surface area contributed by atoms with Gasteiger partial charge in [-0.25, -0.2) is 9.59 Å². The molecule has 0 bridgehead atoms. The molecular weight excluding hydrogens is 512 g/mol. The first kappa shape index (κ1) is 24.5. The number of hydrogen-bond donors (Lipinski definition) is 2. The first-order valence-electron chi connectivity index (χ1n) is 11.0. The Kier molecular flexibility index (Phi) is 6.67. The number of fused-ring (bicyclic) bond motifs is 3. The van der Waals surface area contributed by atoms with Crippen molar-refractivity contribution in [2.24, 2.45) is 0 Å². The van der Waals surface area contributed by atoms with Crippen LogP contribution in [0.2, 0.25) is 0 Å². The zero-order chi connectivity index (χ0) is 25.3. The molecule has 1 aliphatic carbocycles. The zero-order valence-electron chi connectivity index (χ0n) is 19.5. The predicted molar refractivity (Wildman–Crippen MR) is 137 cm³/mol. The van der Waals surface area contributed by atoms with E-state index >= 15 is 0 Å². The number of halogens is 1. The largest absolute Gasteiger partial charge is 0.480 e. The fourth-order valence-electron chi connectivity index (χ4n) is 4.08. The molecule has 35 heavy (non-hydrogen) atoms. The smallest absolute Gasteiger partial charge is 0.411 e. The number of carboxylic acid groups (broad SMARTS) is 1. The molecule has 3 aromatic carbocycles. The summed E-state index contributed by atoms with van der Waals surface area (Å²) in [6, 6.07) is 20.8. The van der Waals surface area contributed by atoms with Crippen molar-refractivity contribution >= 4 is 39.6 Å². The van der Waals surface area contributed by atoms with Crippen molar-refractivity contribution in [3.63, 3.8) is 0 Å². The van der Waals surface area contributed by atoms with E-state index < -0.39 is 23.5 Å². The van der Waals surface area contributed by atoms with Crippen LogP contribution in [0.15, 0.2) is 71.2 Å². The van der Waals surface area contributed by atoms with Gasteiger partial charge in [-0.15, -0.1) is 0 Å². The SMILES string of the molecule is CN(C(=O)c1ccc(NC(=O)OCC2c3ccccc3-c3ccccc32)c(Br)c1)C(C)(C)C(=O)O. The lowest BCUT2D eigenvalue weighted by Crippen LogP contribution is -2.50. The van der Waals surface area contributed by atoms with Crippen molar-refractivity contribution in [2.75, 3.05) is 19.0 Å². The highest BCUT2D eigenvalue weighted by molar-refractivity contribution is 9.10. The molecule has 7 nitrogen and oxygen atoms in total. The molecule has 180 valence electrons. The fourth-order valence-corrected chi connectivity index (χ4v) is 4.56. The number of nitrogens with zero attached hydrogens (tertiary/aromatic N) is 1. The minimum atomic E-state index is -1.37. The van der Waals surface area contributed by atoms with Crippen molar-refractivity contribution in [3.05, 3.63) is 87.9 Å². The minimum Gasteiger partial charge on any atom is -0.480 e. The number of nitrogens with one attached hydrogen (secondary N) is 1. The number of likely N-dealkylation sites (N-methyl/N-ethyl adjacent to an activating group) is 1. The van der Waals surface area contributed by atoms with Gasteiger partial charge in [-0.05, 0) is 70.2 Å². The molecule has 0 aliphatic heterocycles. The zero-order valence-corrected chi connectivity index (χ0v) is 21.1. The van der Waals surface area contributed by atoms with E-state index in [1.165, 1.54) is 33.0 Å². The first-order valence-corrected chi connectivity index (χ1v) is 11.8. The summed E-state index contributed by atoms with van der Waals surface area (Å²) in [4.78, 5) is 38.0. The van der Waals surface area contributed by atoms with Gasteiger partial charge in [0.2, 0.25) is 0 Å². The molecule has 0 aromatic heterocycles. The Hall–Kier alpha value is -3.65. The second kappa shape index (κ2) is 9.54. The van der Waals surface area contributed by atoms with Gasteiger partial charge in [-0.1, -0.05) is 48.5 Å². The standard InChI is InChI=1S/C27H25BrN2O5/c1-27(2,25(32)33)30(3)24(31)16-12-13-23(22(28)14-16)29-26(34)35-15-21-19-10-6-4-8-17(19)18-9-5-7-11-20(18)21/h4-14,21H,15H2,1-3H3,(H,29,34)(H,32,33). The molecular formula is C27H25BrN2O5. The maximum atomic E-state index is 12.8. The van der Waals surface area contributed by atoms with Crippen molar-refractivity contribution in [1.29, 1.82) is 0 Å². The Bertz CT molecular complexity index is 1270. The topological polar surface area (TPSA) is 95.9 Å². The summed E-state index contributed by atoms with van der Waals surface area (Å²) in [6.07, 6.45) is -0.615. The van der Waals surface area contributed by atoms with Crippen LogP contribution < -0.4 is 5.32 Å². The van der Waals surface area contributed by atoms with Crippen LogP contribution in [0.25, 0.3) is 11.1 Å². The highest BCUT2D eigenvalue weighted by atomic mass is 79.9. The third-order valence-corrected chi connectivity index (χ3v) is 7.12. The summed E-state index contributed by atoms with van der Waals surface area (Å²) in [5.41, 5.74) is 3.89. The second-order valence-electron chi connectivity index (χ2n) is 8.87. The number of rotatable bonds is 6. The quantitative estimate of drug-likeness (QED) is 0.418. The molecule has 0 atom stereocenters. The normalized spacial score (nSPS) is 12.5. The van der Waals surface area contributed by atoms with Crippen molar-refractivity contribution in [3.8, 4) is 11.1 Å². The highest BCUT2D eigenvalue weighted by Gasteiger charge is 2.35. The average Bonchev–Trinajstić information content (AvgIpc) is 3.16. The molecule has 0 saturated carbocycles. The fraction of sp³-hybridized carbons (Fsp3) is 0.222. The van der Waals surface area contributed by atoms with E-state index in [9.17, 15) is 19.5 Å². The Morgan fingerprint density at radius 1 is 1.00 bits per heavy atom. The van der Waals surface area contributed by atoms with E-state index in [0.717, 1.165) is 27.2 Å². The van der Waals surface area contributed by atoms with Crippen LogP contribution in [-0.2, 0) is 9.53 Å². The molecule has 0 unspecified atom stereocenters. The van der Waals surface area contributed by atoms with Crippen LogP contribution in [0.1, 0.15) is 41.3 Å². The molecule has 0 heterocycles. The molecule has 3 aromatic rings. The number of ether oxygens (including phenoxy) is 1. The van der Waals surface area contributed by atoms with Crippen molar-refractivity contribution < 1.29 is 24.2 Å². The lowest BCUT2D eigenvalue weighted by Gasteiger charge is -2.31. The number of carbonyl (C=O) groups is 3. The Morgan fingerprint density at radius 3 is 2.11 bits per heavy atom. The molecule has 1 aliphatic rings. The predicted octanol–water partition coefficient (Wildman–Crippen LogP) is 5.75. The van der Waals surface area contributed by atoms with Gasteiger partial charge in [-0.2, -0.15) is 0 Å². The van der Waals surface area contributed by atoms with Gasteiger partial charge < -0.3 is 14.7 Å². The van der Waals surface area contributed by atoms with Gasteiger partial charge in [-0.3, -0.25) is 10.1 Å². The first-order chi connectivity index (χ1) is 16.6. The Labute approximate surface area is 211 Å². The van der Waals surface area contributed by atoms with E-state index in [-0.39, 0.29) is 18.1 Å². The second-order valence-corrected chi connectivity index (χ2v) is 9.73. The van der Waals surface area contributed by atoms with Crippen molar-refractivity contribution in [1.82, 2.24) is 4.90 Å². The Balaban J connectivity index is 1.43. The molecule has 0 radical (unpaired) electrons. The van der Waals surface area contributed by atoms with Crippen LogP contribution in [-0.4, -0.2) is 47.2 Å². The molecule has 8 heteroatoms. The maximum absolute atomic E-state index is 12.8. The monoisotopic (exact) mass is 536 g/mol. The van der Waals surface area contributed by atoms with E-state index in [0.29, 0.717) is 10.2 Å². The number of benzene rings is 3. The molecule has 2 amide bonds. The summed E-state index contributed by atoms with van der Waals surface area (Å²) < 4.78 is 6.04. The number of amides is 2. The lowest BCUT2D eigenvalue weighted by atomic mass is 9.98. The maximum Gasteiger partial charge on any atom is 0.411 e. The number of hydrogen-bond acceptors (Lipinski definition) is 4. The van der Waals surface area contributed by atoms with E-state index in [1.807, 2.05) is 24.3 Å². The van der Waals surface area contributed by atoms with Gasteiger partial charge in [0.25, 0.3) is 5.91 Å². The van der Waals surface area contributed by atoms with Gasteiger partial charge >= 0.3 is 12.1 Å². The summed E-state index contributed by atoms with van der Waals surface area (Å²) in [7, 11) is 1.44. The lowest BCUT2D eigenvalue weighted by molar-refractivity contribution is -0.147. The summed E-state index contributed by atoms with van der Waals surface area (Å²) in [5.74, 6) is -1.61. The van der Waals surface area contributed by atoms with Crippen LogP contribution >= 0.6 is 15.9 Å². The molecule has 0 fully saturated rings. The van der Waals surface area contributed by atoms with Gasteiger partial charge in [0.15, 0.2) is 0 Å². The molecule has 4 rings (SSSR count). The van der Waals surface area contributed by atoms with Crippen LogP contribution in [0.5, 0.6) is 0 Å². The minimum absolute atomic E-state index is 0.0512. The number of carboxylic acids is 1. The summed E-state index contributed by atoms with van der Waals surface area (Å²) in [5, 5.41) is 12.1. The number of aliphatic carboxylic acids is 1. The Morgan fingerprint density at radius 2 is 1.57 bits per heavy atom. The third kappa shape index (κ3) is 4.66. The van der Waals surface area contributed by atoms with E-state index in [1.54, 1.807) is 6.07 Å². The third-order valence-electron chi connectivity index (χ3n) is 6.46. The van der Waals surface area contributed by atoms with Gasteiger partial charge in [0.05, 0.1) is 5.69 Å². The van der Waals surface area contributed by atoms with Crippen LogP contribution in [0, 0.1) is 0 Å². The number of carbonyl (C=O) groups excluding carboxylic acids is 2. The van der Waals surface area contributed by atoms with Gasteiger partial charge in [0.1, 0.15) is 12.1 Å². The van der Waals surface area contributed by atoms with E-state index in [2.05, 4.69) is 45.5 Å². The molecule has 2 N–H and O–H groups in total. The highest BCUT2D eigenvalue weighted by Crippen LogP contribution is 2.44. The van der Waals surface area contributed by atoms with Crippen LogP contribution in [0.4, 0.5) is 10.5 Å². The molecule has 0 saturated heterocycles. The summed E-state index contributed by atoms with van der Waals surface area (Å²) >= 11 is 3.38. The van der Waals surface area contributed by atoms with Crippen molar-refractivity contribution in [2.45, 2.75) is 25.3 Å². The molecule has 0 spiro atoms. The van der Waals surface area contributed by atoms with Gasteiger partial charge in [0, 0.05) is 23.0 Å². The van der Waals surface area contributed by atoms with E-state index in [4.69, 9.17) is 4.74 Å². The van der Waals surface area contributed by atoms with Crippen LogP contribution in [0.3, 0.4) is 0 Å². The average molecular weight is 537 g/mol. The summed E-state index contributed by atoms with van der Waals surface area (Å²) in [6.45, 7) is 3.09. The number of anilines is 1.